The van der Waals surface area contributed by atoms with Gasteiger partial charge < -0.3 is 15.0 Å². The summed E-state index contributed by atoms with van der Waals surface area (Å²) in [6.07, 6.45) is 8.74. The first-order valence-corrected chi connectivity index (χ1v) is 10.8. The van der Waals surface area contributed by atoms with Crippen molar-refractivity contribution in [2.75, 3.05) is 18.1 Å². The highest BCUT2D eigenvalue weighted by Crippen LogP contribution is 2.35. The van der Waals surface area contributed by atoms with Crippen LogP contribution in [0.4, 0.5) is 5.69 Å². The molecule has 1 heterocycles. The number of carbonyl (C=O) groups excluding carboxylic acids is 1. The van der Waals surface area contributed by atoms with Crippen molar-refractivity contribution in [1.82, 2.24) is 5.32 Å². The minimum atomic E-state index is 0.0269. The molecule has 2 aromatic carbocycles. The van der Waals surface area contributed by atoms with Crippen molar-refractivity contribution in [3.05, 3.63) is 71.8 Å². The molecule has 4 rings (SSSR count). The van der Waals surface area contributed by atoms with Crippen LogP contribution in [0.3, 0.4) is 0 Å². The minimum Gasteiger partial charge on any atom is -0.489 e. The number of anilines is 1. The van der Waals surface area contributed by atoms with E-state index in [2.05, 4.69) is 46.6 Å². The molecule has 0 bridgehead atoms. The Balaban J connectivity index is 1.39. The van der Waals surface area contributed by atoms with Gasteiger partial charge in [-0.25, -0.2) is 0 Å². The molecule has 0 saturated carbocycles. The number of nitrogens with zero attached hydrogens (tertiary/aromatic N) is 1. The third-order valence-electron chi connectivity index (χ3n) is 5.82. The zero-order chi connectivity index (χ0) is 19.9. The fourth-order valence-electron chi connectivity index (χ4n) is 4.23. The normalized spacial score (nSPS) is 18.4. The summed E-state index contributed by atoms with van der Waals surface area (Å²) < 4.78 is 5.97. The van der Waals surface area contributed by atoms with E-state index < -0.39 is 0 Å². The molecule has 1 atom stereocenters. The largest absolute Gasteiger partial charge is 0.489 e. The average molecular weight is 391 g/mol. The molecule has 1 N–H and O–H groups in total. The quantitative estimate of drug-likeness (QED) is 0.687. The van der Waals surface area contributed by atoms with Crippen molar-refractivity contribution >= 4 is 11.6 Å². The van der Waals surface area contributed by atoms with Crippen molar-refractivity contribution in [1.29, 1.82) is 0 Å². The number of nitrogens with one attached hydrogen (secondary N) is 1. The van der Waals surface area contributed by atoms with E-state index in [1.165, 1.54) is 36.8 Å². The molecule has 0 aromatic heterocycles. The maximum Gasteiger partial charge on any atom is 0.222 e. The topological polar surface area (TPSA) is 41.6 Å². The minimum absolute atomic E-state index is 0.0269. The summed E-state index contributed by atoms with van der Waals surface area (Å²) in [6.45, 7) is 2.03. The van der Waals surface area contributed by atoms with Gasteiger partial charge in [-0.3, -0.25) is 4.79 Å². The molecule has 2 aliphatic rings. The van der Waals surface area contributed by atoms with E-state index in [9.17, 15) is 4.79 Å². The van der Waals surface area contributed by atoms with Crippen LogP contribution >= 0.6 is 0 Å². The summed E-state index contributed by atoms with van der Waals surface area (Å²) in [6, 6.07) is 18.5. The number of rotatable bonds is 7. The van der Waals surface area contributed by atoms with Gasteiger partial charge in [0.1, 0.15) is 12.4 Å². The third-order valence-corrected chi connectivity index (χ3v) is 5.82. The summed E-state index contributed by atoms with van der Waals surface area (Å²) in [4.78, 5) is 15.0. The first kappa shape index (κ1) is 19.6. The van der Waals surface area contributed by atoms with Gasteiger partial charge >= 0.3 is 0 Å². The number of carbonyl (C=O) groups is 1. The highest BCUT2D eigenvalue weighted by molar-refractivity contribution is 5.77. The first-order chi connectivity index (χ1) is 14.3. The molecule has 29 heavy (non-hydrogen) atoms. The van der Waals surface area contributed by atoms with Crippen LogP contribution in [0.5, 0.6) is 5.75 Å². The smallest absolute Gasteiger partial charge is 0.222 e. The number of benzene rings is 2. The summed E-state index contributed by atoms with van der Waals surface area (Å²) in [5.74, 6) is 0.997. The van der Waals surface area contributed by atoms with Crippen LogP contribution in [0.1, 0.15) is 44.1 Å². The molecule has 0 saturated heterocycles. The summed E-state index contributed by atoms with van der Waals surface area (Å²) in [5, 5.41) is 3.12. The Morgan fingerprint density at radius 2 is 1.90 bits per heavy atom. The number of ether oxygens (including phenoxy) is 1. The van der Waals surface area contributed by atoms with Gasteiger partial charge in [-0.1, -0.05) is 54.1 Å². The van der Waals surface area contributed by atoms with Crippen LogP contribution in [0, 0.1) is 0 Å². The van der Waals surface area contributed by atoms with Crippen molar-refractivity contribution in [3.63, 3.8) is 0 Å². The van der Waals surface area contributed by atoms with E-state index >= 15 is 0 Å². The molecule has 0 fully saturated rings. The summed E-state index contributed by atoms with van der Waals surface area (Å²) in [5.41, 5.74) is 3.80. The standard InChI is InChI=1S/C25H30N2O2/c28-25(26-16-15-20-9-3-1-4-10-20)17-22-19-29-24-14-8-7-13-23(24)27(22)18-21-11-5-2-6-12-21/h2,5-9,11-14,22H,1,3-4,10,15-19H2,(H,26,28)/t22-/m1/s1. The second-order valence-electron chi connectivity index (χ2n) is 7.96. The van der Waals surface area contributed by atoms with Crippen molar-refractivity contribution < 1.29 is 9.53 Å². The Hall–Kier alpha value is -2.75. The summed E-state index contributed by atoms with van der Waals surface area (Å²) >= 11 is 0. The van der Waals surface area contributed by atoms with Crippen LogP contribution in [0.2, 0.25) is 0 Å². The van der Waals surface area contributed by atoms with E-state index in [1.54, 1.807) is 0 Å². The molecule has 1 amide bonds. The van der Waals surface area contributed by atoms with Crippen LogP contribution in [0.25, 0.3) is 0 Å². The highest BCUT2D eigenvalue weighted by atomic mass is 16.5. The van der Waals surface area contributed by atoms with Gasteiger partial charge in [-0.15, -0.1) is 0 Å². The molecule has 0 radical (unpaired) electrons. The molecule has 0 spiro atoms. The van der Waals surface area contributed by atoms with Gasteiger partial charge in [-0.2, -0.15) is 0 Å². The molecular weight excluding hydrogens is 360 g/mol. The van der Waals surface area contributed by atoms with E-state index in [4.69, 9.17) is 4.74 Å². The van der Waals surface area contributed by atoms with Gasteiger partial charge in [-0.05, 0) is 49.8 Å². The fourth-order valence-corrected chi connectivity index (χ4v) is 4.23. The highest BCUT2D eigenvalue weighted by Gasteiger charge is 2.29. The first-order valence-electron chi connectivity index (χ1n) is 10.8. The molecule has 4 nitrogen and oxygen atoms in total. The fraction of sp³-hybridized carbons (Fsp3) is 0.400. The predicted molar refractivity (Wildman–Crippen MR) is 117 cm³/mol. The van der Waals surface area contributed by atoms with Gasteiger partial charge in [0.2, 0.25) is 5.91 Å². The maximum absolute atomic E-state index is 12.7. The van der Waals surface area contributed by atoms with E-state index in [1.807, 2.05) is 24.3 Å². The molecule has 0 unspecified atom stereocenters. The molecule has 152 valence electrons. The molecule has 1 aliphatic carbocycles. The van der Waals surface area contributed by atoms with Crippen LogP contribution in [-0.2, 0) is 11.3 Å². The van der Waals surface area contributed by atoms with Gasteiger partial charge in [0.05, 0.1) is 18.2 Å². The number of para-hydroxylation sites is 2. The number of hydrogen-bond acceptors (Lipinski definition) is 3. The third kappa shape index (κ3) is 5.20. The Kier molecular flexibility index (Phi) is 6.50. The lowest BCUT2D eigenvalue weighted by molar-refractivity contribution is -0.121. The average Bonchev–Trinajstić information content (AvgIpc) is 2.77. The lowest BCUT2D eigenvalue weighted by atomic mass is 9.97. The van der Waals surface area contributed by atoms with Gasteiger partial charge in [0, 0.05) is 13.1 Å². The molecule has 4 heteroatoms. The molecule has 2 aromatic rings. The second-order valence-corrected chi connectivity index (χ2v) is 7.96. The maximum atomic E-state index is 12.7. The molecule has 1 aliphatic heterocycles. The lowest BCUT2D eigenvalue weighted by Crippen LogP contribution is -2.45. The van der Waals surface area contributed by atoms with Crippen LogP contribution in [0.15, 0.2) is 66.2 Å². The number of amides is 1. The van der Waals surface area contributed by atoms with Crippen LogP contribution < -0.4 is 15.0 Å². The Morgan fingerprint density at radius 1 is 1.07 bits per heavy atom. The molecular formula is C25H30N2O2. The van der Waals surface area contributed by atoms with E-state index in [0.717, 1.165) is 30.9 Å². The predicted octanol–water partition coefficient (Wildman–Crippen LogP) is 4.85. The van der Waals surface area contributed by atoms with E-state index in [-0.39, 0.29) is 11.9 Å². The zero-order valence-corrected chi connectivity index (χ0v) is 17.0. The van der Waals surface area contributed by atoms with Crippen LogP contribution in [-0.4, -0.2) is 25.1 Å². The van der Waals surface area contributed by atoms with E-state index in [0.29, 0.717) is 13.0 Å². The van der Waals surface area contributed by atoms with Gasteiger partial charge in [0.25, 0.3) is 0 Å². The second kappa shape index (κ2) is 9.64. The Labute approximate surface area is 173 Å². The Morgan fingerprint density at radius 3 is 2.72 bits per heavy atom. The number of hydrogen-bond donors (Lipinski definition) is 1. The number of allylic oxidation sites excluding steroid dienone is 1. The Bertz CT molecular complexity index is 847. The zero-order valence-electron chi connectivity index (χ0n) is 17.0. The van der Waals surface area contributed by atoms with Crippen molar-refractivity contribution in [2.45, 2.75) is 51.1 Å². The number of fused-ring (bicyclic) bond motifs is 1. The monoisotopic (exact) mass is 390 g/mol. The van der Waals surface area contributed by atoms with Crippen molar-refractivity contribution in [3.8, 4) is 5.75 Å². The summed E-state index contributed by atoms with van der Waals surface area (Å²) in [7, 11) is 0. The van der Waals surface area contributed by atoms with Gasteiger partial charge in [0.15, 0.2) is 0 Å². The lowest BCUT2D eigenvalue weighted by Gasteiger charge is -2.38. The van der Waals surface area contributed by atoms with Crippen molar-refractivity contribution in [2.24, 2.45) is 0 Å². The SMILES string of the molecule is O=C(C[C@@H]1COc2ccccc2N1Cc1ccccc1)NCCC1=CCCCC1.